The summed E-state index contributed by atoms with van der Waals surface area (Å²) < 4.78 is 19.8. The lowest BCUT2D eigenvalue weighted by Gasteiger charge is -2.43. The summed E-state index contributed by atoms with van der Waals surface area (Å²) in [7, 11) is -4.79. The fourth-order valence-electron chi connectivity index (χ4n) is 7.33. The molecule has 0 N–H and O–H groups in total. The van der Waals surface area contributed by atoms with Gasteiger partial charge in [0.25, 0.3) is 8.32 Å². The maximum atomic E-state index is 15.0. The number of benzene rings is 4. The fourth-order valence-corrected chi connectivity index (χ4v) is 12.5. The summed E-state index contributed by atoms with van der Waals surface area (Å²) in [5.74, 6) is 2.04. The van der Waals surface area contributed by atoms with Crippen molar-refractivity contribution >= 4 is 38.8 Å². The number of ether oxygens (including phenoxy) is 2. The first kappa shape index (κ1) is 39.9. The van der Waals surface area contributed by atoms with Gasteiger partial charge in [-0.3, -0.25) is 4.79 Å². The van der Waals surface area contributed by atoms with Gasteiger partial charge in [-0.2, -0.15) is 0 Å². The van der Waals surface area contributed by atoms with E-state index in [4.69, 9.17) is 13.9 Å². The van der Waals surface area contributed by atoms with Gasteiger partial charge in [0.05, 0.1) is 30.6 Å². The van der Waals surface area contributed by atoms with Crippen LogP contribution < -0.4 is 10.4 Å². The second-order valence-electron chi connectivity index (χ2n) is 16.1. The summed E-state index contributed by atoms with van der Waals surface area (Å²) in [4.78, 5) is 30.0. The molecule has 0 aromatic heterocycles. The Bertz CT molecular complexity index is 1810. The normalized spacial score (nSPS) is 18.0. The molecule has 0 radical (unpaired) electrons. The first-order valence-corrected chi connectivity index (χ1v) is 24.2. The molecule has 1 aliphatic rings. The van der Waals surface area contributed by atoms with Crippen LogP contribution in [0.25, 0.3) is 0 Å². The number of cyclic esters (lactones) is 1. The number of rotatable bonds is 13. The molecule has 0 bridgehead atoms. The molecule has 1 aliphatic heterocycles. The summed E-state index contributed by atoms with van der Waals surface area (Å²) in [6.45, 7) is 17.9. The van der Waals surface area contributed by atoms with Crippen LogP contribution in [-0.4, -0.2) is 52.0 Å². The zero-order chi connectivity index (χ0) is 38.2. The van der Waals surface area contributed by atoms with E-state index in [0.29, 0.717) is 19.6 Å². The average Bonchev–Trinajstić information content (AvgIpc) is 3.44. The minimum Gasteiger partial charge on any atom is -0.439 e. The molecule has 278 valence electrons. The van der Waals surface area contributed by atoms with E-state index >= 15 is 4.79 Å². The van der Waals surface area contributed by atoms with Gasteiger partial charge in [-0.25, -0.2) is 9.69 Å². The molecular formula is C45H55NO5Si2. The maximum Gasteiger partial charge on any atom is 0.417 e. The molecule has 1 fully saturated rings. The van der Waals surface area contributed by atoms with Gasteiger partial charge < -0.3 is 13.9 Å². The van der Waals surface area contributed by atoms with Crippen LogP contribution in [0.3, 0.4) is 0 Å². The lowest BCUT2D eigenvalue weighted by molar-refractivity contribution is -0.137. The van der Waals surface area contributed by atoms with Gasteiger partial charge in [-0.15, -0.1) is 11.5 Å². The van der Waals surface area contributed by atoms with Crippen molar-refractivity contribution < 1.29 is 23.5 Å². The minimum absolute atomic E-state index is 0.242. The Morgan fingerprint density at radius 2 is 1.34 bits per heavy atom. The first-order chi connectivity index (χ1) is 25.2. The van der Waals surface area contributed by atoms with Gasteiger partial charge in [-0.05, 0) is 46.8 Å². The van der Waals surface area contributed by atoms with Crippen molar-refractivity contribution in [2.75, 3.05) is 6.61 Å². The van der Waals surface area contributed by atoms with Gasteiger partial charge in [0, 0.05) is 6.61 Å². The highest BCUT2D eigenvalue weighted by molar-refractivity contribution is 6.99. The van der Waals surface area contributed by atoms with Crippen LogP contribution in [0.1, 0.15) is 58.3 Å². The third-order valence-corrected chi connectivity index (χ3v) is 16.0. The maximum absolute atomic E-state index is 15.0. The molecule has 0 saturated carbocycles. The van der Waals surface area contributed by atoms with E-state index in [1.165, 1.54) is 15.3 Å². The third kappa shape index (κ3) is 9.46. The number of hydrogen-bond donors (Lipinski definition) is 0. The van der Waals surface area contributed by atoms with E-state index in [1.807, 2.05) is 86.6 Å². The molecule has 5 atom stereocenters. The third-order valence-electron chi connectivity index (χ3n) is 10.0. The number of nitrogens with zero attached hydrogens (tertiary/aromatic N) is 1. The van der Waals surface area contributed by atoms with Crippen LogP contribution in [0, 0.1) is 23.3 Å². The highest BCUT2D eigenvalue weighted by Gasteiger charge is 2.51. The Hall–Kier alpha value is -4.27. The zero-order valence-corrected chi connectivity index (χ0v) is 34.5. The SMILES string of the molecule is C[C@@H](OCc1ccccc1)[C@H](C#C[Si](C)(C)C)[C@@H](CCO[Si](c1ccccc1)(c1ccccc1)C(C)(C)C)C(=O)N1C(=O)O[C@H](c2ccccc2)[C@@H]1C. The fraction of sp³-hybridized carbons (Fsp3) is 0.378. The summed E-state index contributed by atoms with van der Waals surface area (Å²) in [5, 5.41) is 2.09. The first-order valence-electron chi connectivity index (χ1n) is 18.7. The average molecular weight is 746 g/mol. The predicted octanol–water partition coefficient (Wildman–Crippen LogP) is 8.78. The van der Waals surface area contributed by atoms with E-state index in [0.717, 1.165) is 11.1 Å². The largest absolute Gasteiger partial charge is 0.439 e. The van der Waals surface area contributed by atoms with E-state index < -0.39 is 52.6 Å². The van der Waals surface area contributed by atoms with Gasteiger partial charge in [0.15, 0.2) is 0 Å². The monoisotopic (exact) mass is 745 g/mol. The molecule has 1 heterocycles. The van der Waals surface area contributed by atoms with Gasteiger partial charge >= 0.3 is 6.09 Å². The highest BCUT2D eigenvalue weighted by atomic mass is 28.4. The molecule has 5 rings (SSSR count). The van der Waals surface area contributed by atoms with Crippen molar-refractivity contribution in [3.63, 3.8) is 0 Å². The van der Waals surface area contributed by atoms with Crippen LogP contribution in [-0.2, 0) is 25.3 Å². The molecule has 53 heavy (non-hydrogen) atoms. The molecule has 4 aromatic rings. The standard InChI is InChI=1S/C45H55NO5Si2/c1-34-42(37-23-15-10-16-24-37)51-44(48)46(34)43(47)41(40(30-32-52(6,7)8)35(2)49-33-36-21-13-9-14-22-36)29-31-50-53(45(3,4)5,38-25-17-11-18-26-38)39-27-19-12-20-28-39/h9-28,34-35,40-42H,29,31,33H2,1-8H3/t34-,35+,40-,41+,42-/m0/s1. The van der Waals surface area contributed by atoms with Gasteiger partial charge in [0.1, 0.15) is 14.2 Å². The van der Waals surface area contributed by atoms with Crippen molar-refractivity contribution in [3.05, 3.63) is 132 Å². The zero-order valence-electron chi connectivity index (χ0n) is 32.5. The molecule has 8 heteroatoms. The number of carbonyl (C=O) groups is 2. The topological polar surface area (TPSA) is 65.1 Å². The molecule has 0 unspecified atom stereocenters. The molecule has 6 nitrogen and oxygen atoms in total. The summed E-state index contributed by atoms with van der Waals surface area (Å²) in [5.41, 5.74) is 5.45. The van der Waals surface area contributed by atoms with Gasteiger partial charge in [-0.1, -0.05) is 162 Å². The number of carbonyl (C=O) groups excluding carboxylic acids is 2. The molecule has 0 spiro atoms. The minimum atomic E-state index is -2.91. The smallest absolute Gasteiger partial charge is 0.417 e. The number of hydrogen-bond acceptors (Lipinski definition) is 5. The molecule has 2 amide bonds. The van der Waals surface area contributed by atoms with E-state index in [9.17, 15) is 4.79 Å². The lowest BCUT2D eigenvalue weighted by atomic mass is 9.84. The van der Waals surface area contributed by atoms with Crippen molar-refractivity contribution in [2.24, 2.45) is 11.8 Å². The second-order valence-corrected chi connectivity index (χ2v) is 25.2. The van der Waals surface area contributed by atoms with Crippen LogP contribution in [0.5, 0.6) is 0 Å². The molecular weight excluding hydrogens is 691 g/mol. The lowest BCUT2D eigenvalue weighted by Crippen LogP contribution is -2.66. The van der Waals surface area contributed by atoms with Crippen LogP contribution in [0.2, 0.25) is 24.7 Å². The van der Waals surface area contributed by atoms with E-state index in [2.05, 4.69) is 100 Å². The quantitative estimate of drug-likeness (QED) is 0.101. The molecule has 4 aromatic carbocycles. The molecule has 0 aliphatic carbocycles. The van der Waals surface area contributed by atoms with Crippen LogP contribution in [0.15, 0.2) is 121 Å². The Kier molecular flexibility index (Phi) is 13.0. The van der Waals surface area contributed by atoms with Crippen molar-refractivity contribution in [1.82, 2.24) is 4.90 Å². The summed E-state index contributed by atoms with van der Waals surface area (Å²) >= 11 is 0. The van der Waals surface area contributed by atoms with Crippen LogP contribution in [0.4, 0.5) is 4.79 Å². The van der Waals surface area contributed by atoms with Crippen molar-refractivity contribution in [3.8, 4) is 11.5 Å². The Morgan fingerprint density at radius 3 is 1.85 bits per heavy atom. The number of imide groups is 1. The summed E-state index contributed by atoms with van der Waals surface area (Å²) in [6, 6.07) is 40.1. The Labute approximate surface area is 319 Å². The highest BCUT2D eigenvalue weighted by Crippen LogP contribution is 2.39. The Balaban J connectivity index is 1.55. The van der Waals surface area contributed by atoms with Crippen molar-refractivity contribution in [2.45, 2.75) is 90.6 Å². The van der Waals surface area contributed by atoms with E-state index in [-0.39, 0.29) is 10.9 Å². The van der Waals surface area contributed by atoms with Crippen LogP contribution >= 0.6 is 0 Å². The molecule has 1 saturated heterocycles. The Morgan fingerprint density at radius 1 is 0.830 bits per heavy atom. The number of amides is 2. The van der Waals surface area contributed by atoms with E-state index in [1.54, 1.807) is 0 Å². The second kappa shape index (κ2) is 17.3. The van der Waals surface area contributed by atoms with Gasteiger partial charge in [0.2, 0.25) is 5.91 Å². The van der Waals surface area contributed by atoms with Crippen molar-refractivity contribution in [1.29, 1.82) is 0 Å². The predicted molar refractivity (Wildman–Crippen MR) is 219 cm³/mol. The summed E-state index contributed by atoms with van der Waals surface area (Å²) in [6.07, 6.45) is -1.27.